The third-order valence-electron chi connectivity index (χ3n) is 7.72. The minimum atomic E-state index is -4.77. The first-order chi connectivity index (χ1) is 22.7. The van der Waals surface area contributed by atoms with Crippen LogP contribution < -0.4 is 24.8 Å². The number of nitrogens with zero attached hydrogens (tertiary/aromatic N) is 2. The smallest absolute Gasteiger partial charge is 0.422 e. The van der Waals surface area contributed by atoms with E-state index in [1.165, 1.54) is 0 Å². The van der Waals surface area contributed by atoms with Crippen molar-refractivity contribution in [2.45, 2.75) is 42.9 Å². The SMILES string of the molecule is O=S(=O)(NC[C@H]1CC[C@H](CNc2nc(Nc3ccccc3)c3ccccc3n2)CC1)c1cc(OCC(F)(F)F)ccc1OCC(F)(F)F. The Morgan fingerprint density at radius 2 is 1.38 bits per heavy atom. The third-order valence-corrected chi connectivity index (χ3v) is 9.16. The number of fused-ring (bicyclic) bond motifs is 1. The van der Waals surface area contributed by atoms with Crippen molar-refractivity contribution in [1.29, 1.82) is 0 Å². The quantitative estimate of drug-likeness (QED) is 0.124. The monoisotopic (exact) mass is 697 g/mol. The van der Waals surface area contributed by atoms with Crippen molar-refractivity contribution < 1.29 is 44.2 Å². The van der Waals surface area contributed by atoms with E-state index in [-0.39, 0.29) is 18.4 Å². The van der Waals surface area contributed by atoms with Crippen molar-refractivity contribution >= 4 is 38.4 Å². The minimum absolute atomic E-state index is 0.0167. The summed E-state index contributed by atoms with van der Waals surface area (Å²) in [6, 6.07) is 19.8. The lowest BCUT2D eigenvalue weighted by Gasteiger charge is -2.29. The lowest BCUT2D eigenvalue weighted by molar-refractivity contribution is -0.154. The molecule has 48 heavy (non-hydrogen) atoms. The number of hydrogen-bond acceptors (Lipinski definition) is 8. The number of anilines is 3. The highest BCUT2D eigenvalue weighted by molar-refractivity contribution is 7.89. The molecule has 0 unspecified atom stereocenters. The molecule has 1 fully saturated rings. The summed E-state index contributed by atoms with van der Waals surface area (Å²) in [6.07, 6.45) is -6.61. The fraction of sp³-hybridized carbons (Fsp3) is 0.375. The van der Waals surface area contributed by atoms with Crippen molar-refractivity contribution in [3.05, 3.63) is 72.8 Å². The molecule has 1 aliphatic carbocycles. The van der Waals surface area contributed by atoms with Crippen LogP contribution in [0.2, 0.25) is 0 Å². The summed E-state index contributed by atoms with van der Waals surface area (Å²) in [4.78, 5) is 8.60. The zero-order valence-electron chi connectivity index (χ0n) is 25.4. The Balaban J connectivity index is 1.17. The molecule has 1 aliphatic rings. The number of ether oxygens (including phenoxy) is 2. The van der Waals surface area contributed by atoms with Crippen LogP contribution in [-0.2, 0) is 10.0 Å². The number of aromatic nitrogens is 2. The molecule has 0 atom stereocenters. The maximum absolute atomic E-state index is 13.2. The van der Waals surface area contributed by atoms with Crippen molar-refractivity contribution in [1.82, 2.24) is 14.7 Å². The minimum Gasteiger partial charge on any atom is -0.484 e. The Bertz CT molecular complexity index is 1780. The molecule has 16 heteroatoms. The highest BCUT2D eigenvalue weighted by Gasteiger charge is 2.32. The van der Waals surface area contributed by atoms with Gasteiger partial charge in [-0.1, -0.05) is 30.3 Å². The third kappa shape index (κ3) is 10.1. The van der Waals surface area contributed by atoms with Gasteiger partial charge in [-0.15, -0.1) is 0 Å². The normalized spacial score (nSPS) is 17.2. The number of alkyl halides is 6. The van der Waals surface area contributed by atoms with E-state index < -0.39 is 52.0 Å². The topological polar surface area (TPSA) is 114 Å². The maximum atomic E-state index is 13.2. The number of rotatable bonds is 13. The van der Waals surface area contributed by atoms with Gasteiger partial charge >= 0.3 is 12.4 Å². The van der Waals surface area contributed by atoms with Gasteiger partial charge in [0.1, 0.15) is 22.2 Å². The predicted molar refractivity (Wildman–Crippen MR) is 168 cm³/mol. The van der Waals surface area contributed by atoms with Crippen LogP contribution in [-0.4, -0.2) is 57.0 Å². The molecule has 5 rings (SSSR count). The molecule has 1 aromatic heterocycles. The zero-order valence-corrected chi connectivity index (χ0v) is 26.3. The van der Waals surface area contributed by atoms with Gasteiger partial charge in [-0.25, -0.2) is 18.1 Å². The van der Waals surface area contributed by atoms with Crippen LogP contribution in [0.5, 0.6) is 11.5 Å². The second-order valence-corrected chi connectivity index (χ2v) is 13.2. The van der Waals surface area contributed by atoms with Crippen molar-refractivity contribution in [2.75, 3.05) is 36.9 Å². The Morgan fingerprint density at radius 3 is 2.06 bits per heavy atom. The average Bonchev–Trinajstić information content (AvgIpc) is 3.05. The van der Waals surface area contributed by atoms with Crippen LogP contribution in [0, 0.1) is 11.8 Å². The molecule has 3 N–H and O–H groups in total. The molecule has 3 aromatic carbocycles. The number of para-hydroxylation sites is 2. The van der Waals surface area contributed by atoms with E-state index in [0.29, 0.717) is 31.2 Å². The van der Waals surface area contributed by atoms with Crippen LogP contribution in [0.25, 0.3) is 10.9 Å². The molecule has 0 aliphatic heterocycles. The highest BCUT2D eigenvalue weighted by Crippen LogP contribution is 2.33. The summed E-state index contributed by atoms with van der Waals surface area (Å²) in [5.74, 6) is 0.161. The van der Waals surface area contributed by atoms with Crippen molar-refractivity contribution in [2.24, 2.45) is 11.8 Å². The van der Waals surface area contributed by atoms with Gasteiger partial charge in [-0.2, -0.15) is 31.3 Å². The molecule has 0 saturated heterocycles. The van der Waals surface area contributed by atoms with Gasteiger partial charge < -0.3 is 20.1 Å². The lowest BCUT2D eigenvalue weighted by Crippen LogP contribution is -2.33. The fourth-order valence-electron chi connectivity index (χ4n) is 5.32. The van der Waals surface area contributed by atoms with Crippen molar-refractivity contribution in [3.8, 4) is 11.5 Å². The second kappa shape index (κ2) is 14.8. The molecule has 0 spiro atoms. The van der Waals surface area contributed by atoms with Gasteiger partial charge in [0.05, 0.1) is 5.52 Å². The fourth-order valence-corrected chi connectivity index (χ4v) is 6.60. The van der Waals surface area contributed by atoms with Crippen LogP contribution in [0.4, 0.5) is 43.8 Å². The summed E-state index contributed by atoms with van der Waals surface area (Å²) in [7, 11) is -4.48. The maximum Gasteiger partial charge on any atom is 0.422 e. The number of nitrogens with one attached hydrogen (secondary N) is 3. The Morgan fingerprint density at radius 1 is 0.750 bits per heavy atom. The van der Waals surface area contributed by atoms with E-state index in [2.05, 4.69) is 29.8 Å². The first-order valence-electron chi connectivity index (χ1n) is 15.1. The van der Waals surface area contributed by atoms with Crippen LogP contribution in [0.1, 0.15) is 25.7 Å². The summed E-state index contributed by atoms with van der Waals surface area (Å²) >= 11 is 0. The van der Waals surface area contributed by atoms with E-state index in [0.717, 1.165) is 47.6 Å². The van der Waals surface area contributed by atoms with Gasteiger partial charge in [-0.05, 0) is 73.9 Å². The van der Waals surface area contributed by atoms with E-state index in [4.69, 9.17) is 4.98 Å². The standard InChI is InChI=1S/C32H33F6N5O4S/c33-31(34,35)19-46-24-14-15-27(47-20-32(36,37)38)28(16-24)48(44,45)40-18-22-12-10-21(11-13-22)17-39-30-42-26-9-5-4-8-25(26)29(43-30)41-23-6-2-1-3-7-23/h1-9,14-16,21-22,40H,10-13,17-20H2,(H2,39,41,42,43)/t21-,22-. The molecular formula is C32H33F6N5O4S. The first-order valence-corrected chi connectivity index (χ1v) is 16.6. The van der Waals surface area contributed by atoms with Gasteiger partial charge in [0, 0.05) is 30.2 Å². The molecule has 4 aromatic rings. The number of hydrogen-bond donors (Lipinski definition) is 3. The molecule has 0 bridgehead atoms. The number of halogens is 6. The number of sulfonamides is 1. The highest BCUT2D eigenvalue weighted by atomic mass is 32.2. The molecule has 1 saturated carbocycles. The van der Waals surface area contributed by atoms with E-state index >= 15 is 0 Å². The van der Waals surface area contributed by atoms with Gasteiger partial charge in [0.2, 0.25) is 16.0 Å². The second-order valence-electron chi connectivity index (χ2n) is 11.4. The average molecular weight is 698 g/mol. The van der Waals surface area contributed by atoms with Crippen LogP contribution >= 0.6 is 0 Å². The van der Waals surface area contributed by atoms with Crippen molar-refractivity contribution in [3.63, 3.8) is 0 Å². The molecular weight excluding hydrogens is 664 g/mol. The molecule has 1 heterocycles. The van der Waals surface area contributed by atoms with Crippen LogP contribution in [0.3, 0.4) is 0 Å². The summed E-state index contributed by atoms with van der Waals surface area (Å²) in [5, 5.41) is 7.54. The summed E-state index contributed by atoms with van der Waals surface area (Å²) in [5.41, 5.74) is 1.66. The lowest BCUT2D eigenvalue weighted by atomic mass is 9.82. The predicted octanol–water partition coefficient (Wildman–Crippen LogP) is 7.45. The largest absolute Gasteiger partial charge is 0.484 e. The molecule has 0 radical (unpaired) electrons. The first kappa shape index (κ1) is 35.0. The molecule has 9 nitrogen and oxygen atoms in total. The van der Waals surface area contributed by atoms with Gasteiger partial charge in [0.15, 0.2) is 13.2 Å². The summed E-state index contributed by atoms with van der Waals surface area (Å²) in [6.45, 7) is -2.92. The molecule has 258 valence electrons. The van der Waals surface area contributed by atoms with Gasteiger partial charge in [0.25, 0.3) is 0 Å². The van der Waals surface area contributed by atoms with Crippen LogP contribution in [0.15, 0.2) is 77.7 Å². The summed E-state index contributed by atoms with van der Waals surface area (Å²) < 4.78 is 114. The van der Waals surface area contributed by atoms with E-state index in [9.17, 15) is 34.8 Å². The number of benzene rings is 3. The molecule has 0 amide bonds. The van der Waals surface area contributed by atoms with Gasteiger partial charge in [-0.3, -0.25) is 0 Å². The Labute approximate surface area is 273 Å². The Hall–Kier alpha value is -4.31. The van der Waals surface area contributed by atoms with E-state index in [1.807, 2.05) is 54.6 Å². The Kier molecular flexibility index (Phi) is 10.8. The van der Waals surface area contributed by atoms with E-state index in [1.54, 1.807) is 0 Å². The zero-order chi connectivity index (χ0) is 34.4.